The molecule has 1 nitrogen and oxygen atoms in total. The van der Waals surface area contributed by atoms with Crippen molar-refractivity contribution < 1.29 is 4.43 Å². The molecule has 7 atom stereocenters. The van der Waals surface area contributed by atoms with E-state index in [1.54, 1.807) is 5.57 Å². The molecule has 3 saturated carbocycles. The van der Waals surface area contributed by atoms with E-state index in [0.717, 1.165) is 30.1 Å². The average Bonchev–Trinajstić information content (AvgIpc) is 3.20. The molecule has 204 valence electrons. The van der Waals surface area contributed by atoms with Crippen LogP contribution in [0.2, 0.25) is 18.1 Å². The number of allylic oxidation sites excluding steroid dienone is 3. The van der Waals surface area contributed by atoms with E-state index >= 15 is 0 Å². The topological polar surface area (TPSA) is 9.23 Å². The van der Waals surface area contributed by atoms with Gasteiger partial charge in [-0.05, 0) is 110 Å². The van der Waals surface area contributed by atoms with Crippen LogP contribution >= 0.6 is 11.8 Å². The first kappa shape index (κ1) is 27.8. The zero-order valence-corrected chi connectivity index (χ0v) is 26.7. The van der Waals surface area contributed by atoms with Crippen molar-refractivity contribution in [2.24, 2.45) is 34.5 Å². The SMILES string of the molecule is C[C@@H](CSc1ccccc1)[C@H]1CC[C@H]2C3=CC=C4CC(O[Si](C)(C)C(C)(C)C)CC[C@]4(C)[C@H]3CC[C@]12C. The Hall–Kier alpha value is -0.773. The number of thioether (sulfide) groups is 1. The molecule has 0 saturated heterocycles. The molecule has 5 rings (SSSR count). The van der Waals surface area contributed by atoms with Crippen LogP contribution in [0.3, 0.4) is 0 Å². The van der Waals surface area contributed by atoms with Crippen molar-refractivity contribution in [1.29, 1.82) is 0 Å². The molecule has 0 N–H and O–H groups in total. The summed E-state index contributed by atoms with van der Waals surface area (Å²) in [6, 6.07) is 11.0. The summed E-state index contributed by atoms with van der Waals surface area (Å²) in [5.74, 6) is 4.41. The molecule has 0 heterocycles. The van der Waals surface area contributed by atoms with Crippen LogP contribution in [0.5, 0.6) is 0 Å². The van der Waals surface area contributed by atoms with Gasteiger partial charge in [-0.15, -0.1) is 11.8 Å². The summed E-state index contributed by atoms with van der Waals surface area (Å²) in [6.45, 7) is 19.8. The highest BCUT2D eigenvalue weighted by atomic mass is 32.2. The quantitative estimate of drug-likeness (QED) is 0.264. The summed E-state index contributed by atoms with van der Waals surface area (Å²) >= 11 is 2.06. The molecular formula is C34H52OSSi. The van der Waals surface area contributed by atoms with Gasteiger partial charge >= 0.3 is 0 Å². The van der Waals surface area contributed by atoms with Gasteiger partial charge in [0.2, 0.25) is 0 Å². The Morgan fingerprint density at radius 1 is 0.973 bits per heavy atom. The van der Waals surface area contributed by atoms with E-state index in [0.29, 0.717) is 16.9 Å². The van der Waals surface area contributed by atoms with Crippen LogP contribution in [0.15, 0.2) is 58.5 Å². The molecule has 0 spiro atoms. The summed E-state index contributed by atoms with van der Waals surface area (Å²) in [5, 5.41) is 0.283. The van der Waals surface area contributed by atoms with Crippen molar-refractivity contribution in [3.63, 3.8) is 0 Å². The van der Waals surface area contributed by atoms with E-state index in [2.05, 4.69) is 109 Å². The molecule has 0 amide bonds. The Morgan fingerprint density at radius 3 is 2.41 bits per heavy atom. The molecule has 1 unspecified atom stereocenters. The highest BCUT2D eigenvalue weighted by Crippen LogP contribution is 2.66. The van der Waals surface area contributed by atoms with Gasteiger partial charge in [0, 0.05) is 16.8 Å². The smallest absolute Gasteiger partial charge is 0.192 e. The van der Waals surface area contributed by atoms with Gasteiger partial charge in [-0.1, -0.05) is 83.0 Å². The van der Waals surface area contributed by atoms with E-state index < -0.39 is 8.32 Å². The van der Waals surface area contributed by atoms with Crippen molar-refractivity contribution in [3.05, 3.63) is 53.6 Å². The fourth-order valence-electron chi connectivity index (χ4n) is 8.50. The maximum Gasteiger partial charge on any atom is 0.192 e. The van der Waals surface area contributed by atoms with Gasteiger partial charge < -0.3 is 4.43 Å². The molecule has 0 bridgehead atoms. The Morgan fingerprint density at radius 2 is 1.70 bits per heavy atom. The van der Waals surface area contributed by atoms with Crippen LogP contribution < -0.4 is 0 Å². The number of hydrogen-bond acceptors (Lipinski definition) is 2. The molecule has 0 aliphatic heterocycles. The maximum absolute atomic E-state index is 6.93. The van der Waals surface area contributed by atoms with Gasteiger partial charge in [-0.25, -0.2) is 0 Å². The normalized spacial score (nSPS) is 36.6. The molecule has 3 heteroatoms. The average molecular weight is 537 g/mol. The number of hydrogen-bond donors (Lipinski definition) is 0. The molecule has 0 radical (unpaired) electrons. The van der Waals surface area contributed by atoms with E-state index in [-0.39, 0.29) is 5.04 Å². The van der Waals surface area contributed by atoms with Gasteiger partial charge in [0.25, 0.3) is 0 Å². The Labute approximate surface area is 233 Å². The first-order chi connectivity index (χ1) is 17.3. The van der Waals surface area contributed by atoms with Gasteiger partial charge in [-0.3, -0.25) is 0 Å². The third kappa shape index (κ3) is 5.00. The van der Waals surface area contributed by atoms with E-state index in [1.807, 2.05) is 5.57 Å². The number of fused-ring (bicyclic) bond motifs is 5. The lowest BCUT2D eigenvalue weighted by molar-refractivity contribution is 0.0383. The summed E-state index contributed by atoms with van der Waals surface area (Å²) in [7, 11) is -1.73. The minimum absolute atomic E-state index is 0.283. The summed E-state index contributed by atoms with van der Waals surface area (Å²) in [6.07, 6.45) is 14.9. The number of benzene rings is 1. The van der Waals surface area contributed by atoms with Crippen LogP contribution in [0.1, 0.15) is 86.5 Å². The van der Waals surface area contributed by atoms with Crippen molar-refractivity contribution >= 4 is 20.1 Å². The highest BCUT2D eigenvalue weighted by molar-refractivity contribution is 7.99. The second-order valence-electron chi connectivity index (χ2n) is 15.0. The van der Waals surface area contributed by atoms with Crippen LogP contribution in [0, 0.1) is 34.5 Å². The first-order valence-corrected chi connectivity index (χ1v) is 19.0. The van der Waals surface area contributed by atoms with Crippen molar-refractivity contribution in [3.8, 4) is 0 Å². The summed E-state index contributed by atoms with van der Waals surface area (Å²) in [5.41, 5.74) is 4.35. The fourth-order valence-corrected chi connectivity index (χ4v) is 10.9. The van der Waals surface area contributed by atoms with Crippen LogP contribution in [0.4, 0.5) is 0 Å². The summed E-state index contributed by atoms with van der Waals surface area (Å²) in [4.78, 5) is 1.42. The molecule has 4 aliphatic carbocycles. The predicted octanol–water partition coefficient (Wildman–Crippen LogP) is 10.3. The summed E-state index contributed by atoms with van der Waals surface area (Å²) < 4.78 is 6.93. The first-order valence-electron chi connectivity index (χ1n) is 15.1. The van der Waals surface area contributed by atoms with E-state index in [9.17, 15) is 0 Å². The van der Waals surface area contributed by atoms with Crippen LogP contribution in [-0.2, 0) is 4.43 Å². The van der Waals surface area contributed by atoms with Crippen molar-refractivity contribution in [1.82, 2.24) is 0 Å². The van der Waals surface area contributed by atoms with Crippen LogP contribution in [-0.4, -0.2) is 20.2 Å². The minimum atomic E-state index is -1.73. The second-order valence-corrected chi connectivity index (χ2v) is 20.8. The lowest BCUT2D eigenvalue weighted by Gasteiger charge is -2.56. The Kier molecular flexibility index (Phi) is 7.51. The standard InChI is InChI=1S/C34H52OSSi/c1-24(23-36-27-12-10-9-11-13-27)29-16-17-30-28-15-14-25-22-26(35-37(7,8)32(2,3)4)18-20-33(25,5)31(28)19-21-34(29,30)6/h9-15,24,26,29-31H,16-23H2,1-8H3/t24-,26?,29+,30-,31-,33-,34+/m0/s1. The maximum atomic E-state index is 6.93. The zero-order chi connectivity index (χ0) is 26.6. The lowest BCUT2D eigenvalue weighted by atomic mass is 9.50. The molecular weight excluding hydrogens is 485 g/mol. The van der Waals surface area contributed by atoms with Crippen molar-refractivity contribution in [2.75, 3.05) is 5.75 Å². The minimum Gasteiger partial charge on any atom is -0.414 e. The molecule has 0 aromatic heterocycles. The predicted molar refractivity (Wildman–Crippen MR) is 164 cm³/mol. The molecule has 1 aromatic carbocycles. The van der Waals surface area contributed by atoms with Gasteiger partial charge in [-0.2, -0.15) is 0 Å². The largest absolute Gasteiger partial charge is 0.414 e. The Bertz CT molecular complexity index is 1040. The van der Waals surface area contributed by atoms with Crippen molar-refractivity contribution in [2.45, 2.75) is 116 Å². The lowest BCUT2D eigenvalue weighted by Crippen LogP contribution is -2.49. The fraction of sp³-hybridized carbons (Fsp3) is 0.706. The monoisotopic (exact) mass is 536 g/mol. The van der Waals surface area contributed by atoms with E-state index in [1.165, 1.54) is 49.2 Å². The van der Waals surface area contributed by atoms with Gasteiger partial charge in [0.1, 0.15) is 0 Å². The molecule has 37 heavy (non-hydrogen) atoms. The third-order valence-corrected chi connectivity index (χ3v) is 17.6. The molecule has 1 aromatic rings. The van der Waals surface area contributed by atoms with Gasteiger partial charge in [0.05, 0.1) is 0 Å². The van der Waals surface area contributed by atoms with Gasteiger partial charge in [0.15, 0.2) is 8.32 Å². The highest BCUT2D eigenvalue weighted by Gasteiger charge is 2.57. The Balaban J connectivity index is 1.30. The second kappa shape index (κ2) is 10.0. The molecule has 4 aliphatic rings. The zero-order valence-electron chi connectivity index (χ0n) is 24.9. The number of rotatable bonds is 6. The molecule has 3 fully saturated rings. The van der Waals surface area contributed by atoms with E-state index in [4.69, 9.17) is 4.43 Å². The third-order valence-electron chi connectivity index (χ3n) is 11.8. The van der Waals surface area contributed by atoms with Crippen LogP contribution in [0.25, 0.3) is 0 Å².